The Hall–Kier alpha value is -1.64. The molecule has 0 radical (unpaired) electrons. The molecule has 0 amide bonds. The molecule has 1 aliphatic heterocycles. The number of ether oxygens (including phenoxy) is 1. The first-order chi connectivity index (χ1) is 14.1. The summed E-state index contributed by atoms with van der Waals surface area (Å²) in [5.41, 5.74) is 7.41. The second-order valence-electron chi connectivity index (χ2n) is 6.13. The highest BCUT2D eigenvalue weighted by Crippen LogP contribution is 2.61. The first-order valence-corrected chi connectivity index (χ1v) is 12.7. The Kier molecular flexibility index (Phi) is 7.82. The molecule has 0 saturated carbocycles. The highest BCUT2D eigenvalue weighted by Gasteiger charge is 2.41. The summed E-state index contributed by atoms with van der Waals surface area (Å²) in [5.74, 6) is 0. The molecule has 5 atom stereocenters. The standard InChI is InChI=1S/C10H17N6O12P3/c1-5-3-16(10(18)12-9(5)17)8-2-6(13-14-11)7(27-8)4-26-31(24,25)28-30(22,23)15-29(19,20)21/h3,6-8H,2,4H2,1H3,(H,24,25)(H,12,17,18)(H4,15,19,20,21,22,23)/t6-,7+,8+/m0/s1. The van der Waals surface area contributed by atoms with Crippen LogP contribution in [0, 0.1) is 6.92 Å². The van der Waals surface area contributed by atoms with E-state index in [1.54, 1.807) is 0 Å². The molecule has 1 aliphatic rings. The smallest absolute Gasteiger partial charge is 0.352 e. The summed E-state index contributed by atoms with van der Waals surface area (Å²) in [6.07, 6.45) is -1.21. The van der Waals surface area contributed by atoms with Gasteiger partial charge in [-0.15, -0.1) is 4.86 Å². The molecule has 1 fully saturated rings. The lowest BCUT2D eigenvalue weighted by Gasteiger charge is -2.20. The zero-order chi connectivity index (χ0) is 23.6. The van der Waals surface area contributed by atoms with Gasteiger partial charge in [-0.2, -0.15) is 4.31 Å². The van der Waals surface area contributed by atoms with Gasteiger partial charge in [0.05, 0.1) is 18.8 Å². The first kappa shape index (κ1) is 25.6. The lowest BCUT2D eigenvalue weighted by molar-refractivity contribution is -0.0265. The van der Waals surface area contributed by atoms with Crippen molar-refractivity contribution in [2.75, 3.05) is 6.61 Å². The van der Waals surface area contributed by atoms with Crippen molar-refractivity contribution < 1.29 is 46.8 Å². The van der Waals surface area contributed by atoms with Crippen molar-refractivity contribution in [3.8, 4) is 0 Å². The van der Waals surface area contributed by atoms with E-state index < -0.39 is 59.5 Å². The third-order valence-electron chi connectivity index (χ3n) is 3.73. The molecule has 1 saturated heterocycles. The zero-order valence-electron chi connectivity index (χ0n) is 15.4. The molecule has 0 aromatic carbocycles. The molecule has 31 heavy (non-hydrogen) atoms. The van der Waals surface area contributed by atoms with Crippen LogP contribution in [0.15, 0.2) is 20.9 Å². The number of H-pyrrole nitrogens is 1. The van der Waals surface area contributed by atoms with E-state index >= 15 is 0 Å². The fourth-order valence-corrected chi connectivity index (χ4v) is 5.97. The Morgan fingerprint density at radius 1 is 1.35 bits per heavy atom. The van der Waals surface area contributed by atoms with E-state index in [1.165, 1.54) is 13.1 Å². The number of phosphoric acid groups is 1. The highest BCUT2D eigenvalue weighted by molar-refractivity contribution is 7.70. The minimum absolute atomic E-state index is 0.0989. The molecular formula is C10H17N6O12P3. The van der Waals surface area contributed by atoms with Crippen LogP contribution < -0.4 is 16.1 Å². The van der Waals surface area contributed by atoms with E-state index in [1.807, 2.05) is 4.98 Å². The van der Waals surface area contributed by atoms with Gasteiger partial charge in [-0.05, 0) is 12.5 Å². The minimum atomic E-state index is -5.45. The van der Waals surface area contributed by atoms with Crippen LogP contribution in [0.3, 0.4) is 0 Å². The quantitative estimate of drug-likeness (QED) is 0.109. The molecule has 2 unspecified atom stereocenters. The number of phosphoric ester groups is 1. The number of aryl methyl sites for hydroxylation is 1. The highest BCUT2D eigenvalue weighted by atomic mass is 31.3. The Balaban J connectivity index is 2.14. The largest absolute Gasteiger partial charge is 0.480 e. The van der Waals surface area contributed by atoms with E-state index in [9.17, 15) is 33.1 Å². The molecule has 2 heterocycles. The molecule has 1 aromatic heterocycles. The molecule has 2 rings (SSSR count). The van der Waals surface area contributed by atoms with E-state index in [-0.39, 0.29) is 12.0 Å². The van der Waals surface area contributed by atoms with Gasteiger partial charge in [-0.1, -0.05) is 5.11 Å². The summed E-state index contributed by atoms with van der Waals surface area (Å²) < 4.78 is 48.9. The van der Waals surface area contributed by atoms with Crippen LogP contribution in [-0.2, 0) is 27.3 Å². The molecule has 0 aliphatic carbocycles. The SMILES string of the molecule is Cc1cn([C@H]2C[C@H](N=[N+]=[N-])[C@@H](COP(=O)(O)OP(=O)(O)NP(=O)(O)O)O2)c(=O)[nH]c1=O. The minimum Gasteiger partial charge on any atom is -0.352 e. The van der Waals surface area contributed by atoms with E-state index in [0.717, 1.165) is 9.42 Å². The van der Waals surface area contributed by atoms with Crippen molar-refractivity contribution in [1.82, 2.24) is 14.4 Å². The van der Waals surface area contributed by atoms with Gasteiger partial charge in [0.15, 0.2) is 0 Å². The topological polar surface area (TPSA) is 275 Å². The molecule has 0 spiro atoms. The van der Waals surface area contributed by atoms with Crippen LogP contribution in [0.25, 0.3) is 10.4 Å². The lowest BCUT2D eigenvalue weighted by atomic mass is 10.1. The fraction of sp³-hybridized carbons (Fsp3) is 0.600. The van der Waals surface area contributed by atoms with Crippen molar-refractivity contribution in [2.24, 2.45) is 5.11 Å². The average Bonchev–Trinajstić information content (AvgIpc) is 2.96. The summed E-state index contributed by atoms with van der Waals surface area (Å²) in [7, 11) is -16.1. The maximum Gasteiger partial charge on any atom is 0.480 e. The Labute approximate surface area is 171 Å². The Bertz CT molecular complexity index is 1140. The molecule has 174 valence electrons. The van der Waals surface area contributed by atoms with Crippen LogP contribution in [0.5, 0.6) is 0 Å². The van der Waals surface area contributed by atoms with Crippen molar-refractivity contribution in [1.29, 1.82) is 0 Å². The van der Waals surface area contributed by atoms with Gasteiger partial charge in [0.1, 0.15) is 6.23 Å². The maximum atomic E-state index is 12.0. The van der Waals surface area contributed by atoms with Crippen molar-refractivity contribution in [2.45, 2.75) is 31.7 Å². The number of hydrogen-bond acceptors (Lipinski definition) is 9. The Morgan fingerprint density at radius 2 is 2.00 bits per heavy atom. The molecular weight excluding hydrogens is 489 g/mol. The lowest BCUT2D eigenvalue weighted by Crippen LogP contribution is -2.33. The number of aromatic amines is 1. The van der Waals surface area contributed by atoms with Gasteiger partial charge in [0.2, 0.25) is 0 Å². The van der Waals surface area contributed by atoms with Crippen LogP contribution in [0.4, 0.5) is 0 Å². The summed E-state index contributed by atoms with van der Waals surface area (Å²) in [4.78, 5) is 64.9. The van der Waals surface area contributed by atoms with Crippen LogP contribution >= 0.6 is 23.3 Å². The van der Waals surface area contributed by atoms with E-state index in [0.29, 0.717) is 0 Å². The normalized spacial score (nSPS) is 25.4. The molecule has 21 heteroatoms. The van der Waals surface area contributed by atoms with E-state index in [2.05, 4.69) is 18.9 Å². The third-order valence-corrected chi connectivity index (χ3v) is 7.97. The molecule has 0 bridgehead atoms. The Morgan fingerprint density at radius 3 is 2.58 bits per heavy atom. The predicted molar refractivity (Wildman–Crippen MR) is 99.4 cm³/mol. The van der Waals surface area contributed by atoms with Crippen LogP contribution in [0.1, 0.15) is 18.2 Å². The maximum absolute atomic E-state index is 12.0. The van der Waals surface area contributed by atoms with Gasteiger partial charge < -0.3 is 24.3 Å². The van der Waals surface area contributed by atoms with Crippen molar-refractivity contribution in [3.05, 3.63) is 43.0 Å². The first-order valence-electron chi connectivity index (χ1n) is 8.01. The average molecular weight is 506 g/mol. The van der Waals surface area contributed by atoms with Crippen LogP contribution in [0.2, 0.25) is 0 Å². The number of rotatable bonds is 9. The van der Waals surface area contributed by atoms with E-state index in [4.69, 9.17) is 20.1 Å². The van der Waals surface area contributed by atoms with Gasteiger partial charge >= 0.3 is 29.0 Å². The second kappa shape index (κ2) is 9.46. The molecule has 6 N–H and O–H groups in total. The molecule has 1 aromatic rings. The van der Waals surface area contributed by atoms with Gasteiger partial charge in [-0.3, -0.25) is 18.9 Å². The summed E-state index contributed by atoms with van der Waals surface area (Å²) in [6.45, 7) is 0.578. The number of azide groups is 1. The third kappa shape index (κ3) is 7.47. The molecule has 18 nitrogen and oxygen atoms in total. The zero-order valence-corrected chi connectivity index (χ0v) is 18.1. The predicted octanol–water partition coefficient (Wildman–Crippen LogP) is -0.272. The number of nitrogens with one attached hydrogen (secondary N) is 2. The fourth-order valence-electron chi connectivity index (χ4n) is 2.54. The second-order valence-corrected chi connectivity index (χ2v) is 10.9. The monoisotopic (exact) mass is 506 g/mol. The number of hydrogen-bond donors (Lipinski definition) is 6. The number of nitrogens with zero attached hydrogens (tertiary/aromatic N) is 4. The van der Waals surface area contributed by atoms with Gasteiger partial charge in [-0.25, -0.2) is 18.5 Å². The van der Waals surface area contributed by atoms with Gasteiger partial charge in [0, 0.05) is 23.1 Å². The van der Waals surface area contributed by atoms with Crippen molar-refractivity contribution >= 4 is 23.3 Å². The summed E-state index contributed by atoms with van der Waals surface area (Å²) in [5, 5.41) is 3.43. The van der Waals surface area contributed by atoms with Gasteiger partial charge in [0.25, 0.3) is 5.56 Å². The van der Waals surface area contributed by atoms with Crippen molar-refractivity contribution in [3.63, 3.8) is 0 Å². The summed E-state index contributed by atoms with van der Waals surface area (Å²) in [6, 6.07) is -1.02. The summed E-state index contributed by atoms with van der Waals surface area (Å²) >= 11 is 0. The number of aromatic nitrogens is 2. The van der Waals surface area contributed by atoms with Crippen LogP contribution in [-0.4, -0.2) is 47.9 Å².